The molecule has 4 saturated carbocycles. The van der Waals surface area contributed by atoms with Gasteiger partial charge >= 0.3 is 5.97 Å². The van der Waals surface area contributed by atoms with Crippen LogP contribution in [0, 0.1) is 39.9 Å². The Morgan fingerprint density at radius 1 is 1.00 bits per heavy atom. The van der Waals surface area contributed by atoms with Gasteiger partial charge in [0.15, 0.2) is 0 Å². The van der Waals surface area contributed by atoms with Crippen LogP contribution in [0.4, 0.5) is 0 Å². The summed E-state index contributed by atoms with van der Waals surface area (Å²) in [6, 6.07) is 0. The van der Waals surface area contributed by atoms with Crippen molar-refractivity contribution >= 4 is 11.8 Å². The van der Waals surface area contributed by atoms with E-state index in [1.165, 1.54) is 51.9 Å². The van der Waals surface area contributed by atoms with Gasteiger partial charge in [-0.25, -0.2) is 0 Å². The van der Waals surface area contributed by atoms with Crippen LogP contribution in [0.1, 0.15) is 98.3 Å². The Hall–Kier alpha value is -1.12. The first-order chi connectivity index (χ1) is 14.2. The van der Waals surface area contributed by atoms with Gasteiger partial charge in [0.05, 0.1) is 0 Å². The molecule has 0 aromatic rings. The highest BCUT2D eigenvalue weighted by Gasteiger charge is 2.68. The summed E-state index contributed by atoms with van der Waals surface area (Å²) in [6.45, 7) is 8.46. The van der Waals surface area contributed by atoms with E-state index in [0.29, 0.717) is 17.6 Å². The molecule has 0 bridgehead atoms. The van der Waals surface area contributed by atoms with Crippen molar-refractivity contribution in [3.05, 3.63) is 11.6 Å². The smallest absolute Gasteiger partial charge is 0.302 e. The molecule has 30 heavy (non-hydrogen) atoms. The van der Waals surface area contributed by atoms with Crippen LogP contribution in [-0.4, -0.2) is 17.9 Å². The molecule has 0 aromatic carbocycles. The van der Waals surface area contributed by atoms with Crippen molar-refractivity contribution in [2.45, 2.75) is 104 Å². The lowest BCUT2D eigenvalue weighted by Crippen LogP contribution is -2.55. The Balaban J connectivity index is 1.46. The molecule has 0 spiro atoms. The van der Waals surface area contributed by atoms with E-state index < -0.39 is 0 Å². The topological polar surface area (TPSA) is 43.4 Å². The van der Waals surface area contributed by atoms with E-state index in [0.717, 1.165) is 37.5 Å². The van der Waals surface area contributed by atoms with Gasteiger partial charge < -0.3 is 4.74 Å². The number of ketones is 1. The molecule has 4 fully saturated rings. The molecule has 5 rings (SSSR count). The fraction of sp³-hybridized carbons (Fsp3) is 0.852. The van der Waals surface area contributed by atoms with Gasteiger partial charge in [-0.3, -0.25) is 9.59 Å². The molecule has 3 nitrogen and oxygen atoms in total. The van der Waals surface area contributed by atoms with Crippen LogP contribution in [0.5, 0.6) is 0 Å². The Bertz CT molecular complexity index is 783. The Kier molecular flexibility index (Phi) is 4.80. The molecule has 166 valence electrons. The molecule has 5 aliphatic carbocycles. The van der Waals surface area contributed by atoms with E-state index in [1.54, 1.807) is 5.57 Å². The molecule has 5 aliphatic rings. The first kappa shape index (κ1) is 20.8. The number of esters is 1. The van der Waals surface area contributed by atoms with E-state index in [9.17, 15) is 9.59 Å². The summed E-state index contributed by atoms with van der Waals surface area (Å²) in [4.78, 5) is 24.7. The molecule has 0 N–H and O–H groups in total. The van der Waals surface area contributed by atoms with Gasteiger partial charge in [-0.15, -0.1) is 0 Å². The van der Waals surface area contributed by atoms with Gasteiger partial charge in [0.25, 0.3) is 0 Å². The van der Waals surface area contributed by atoms with E-state index in [1.807, 2.05) is 6.92 Å². The van der Waals surface area contributed by atoms with E-state index in [2.05, 4.69) is 19.9 Å². The summed E-state index contributed by atoms with van der Waals surface area (Å²) in [5, 5.41) is 0. The lowest BCUT2D eigenvalue weighted by molar-refractivity contribution is -0.151. The third kappa shape index (κ3) is 2.62. The number of rotatable bonds is 2. The summed E-state index contributed by atoms with van der Waals surface area (Å²) in [6.07, 6.45) is 15.6. The maximum absolute atomic E-state index is 13.2. The maximum atomic E-state index is 13.2. The normalized spacial score (nSPS) is 49.7. The first-order valence-electron chi connectivity index (χ1n) is 12.6. The van der Waals surface area contributed by atoms with Gasteiger partial charge in [-0.05, 0) is 92.8 Å². The van der Waals surface area contributed by atoms with Gasteiger partial charge in [-0.2, -0.15) is 0 Å². The van der Waals surface area contributed by atoms with Crippen molar-refractivity contribution in [2.75, 3.05) is 0 Å². The zero-order valence-corrected chi connectivity index (χ0v) is 19.5. The van der Waals surface area contributed by atoms with Crippen LogP contribution in [0.2, 0.25) is 0 Å². The monoisotopic (exact) mass is 412 g/mol. The highest BCUT2D eigenvalue weighted by molar-refractivity contribution is 5.84. The standard InChI is InChI=1S/C27H40O3/c1-17(28)27-12-6-5-7-20(27)16-24-22-9-8-19-15-21(30-18(2)29)10-13-25(19,3)23(22)11-14-26(24,27)4/h8,20-24H,5-7,9-16H2,1-4H3/t20-,21-,22+,23+,24-,25-,26+,27+/m0/s1. The molecule has 0 amide bonds. The zero-order valence-electron chi connectivity index (χ0n) is 19.5. The van der Waals surface area contributed by atoms with Gasteiger partial charge in [0.1, 0.15) is 11.9 Å². The van der Waals surface area contributed by atoms with Crippen molar-refractivity contribution in [1.82, 2.24) is 0 Å². The summed E-state index contributed by atoms with van der Waals surface area (Å²) in [5.41, 5.74) is 1.97. The first-order valence-corrected chi connectivity index (χ1v) is 12.6. The largest absolute Gasteiger partial charge is 0.462 e. The third-order valence-corrected chi connectivity index (χ3v) is 11.0. The van der Waals surface area contributed by atoms with Crippen LogP contribution in [-0.2, 0) is 14.3 Å². The second kappa shape index (κ2) is 6.94. The number of ether oxygens (including phenoxy) is 1. The third-order valence-electron chi connectivity index (χ3n) is 11.0. The van der Waals surface area contributed by atoms with Crippen molar-refractivity contribution in [3.8, 4) is 0 Å². The highest BCUT2D eigenvalue weighted by atomic mass is 16.5. The molecule has 0 aromatic heterocycles. The van der Waals surface area contributed by atoms with E-state index >= 15 is 0 Å². The number of Topliss-reactive ketones (excluding diaryl/α,β-unsaturated/α-hetero) is 1. The number of carbonyl (C=O) groups is 2. The van der Waals surface area contributed by atoms with Crippen LogP contribution in [0.15, 0.2) is 11.6 Å². The van der Waals surface area contributed by atoms with Crippen LogP contribution in [0.25, 0.3) is 0 Å². The number of hydrogen-bond acceptors (Lipinski definition) is 3. The highest BCUT2D eigenvalue weighted by Crippen LogP contribution is 2.73. The van der Waals surface area contributed by atoms with Gasteiger partial charge in [-0.1, -0.05) is 38.3 Å². The predicted molar refractivity (Wildman–Crippen MR) is 118 cm³/mol. The lowest BCUT2D eigenvalue weighted by Gasteiger charge is -2.60. The Morgan fingerprint density at radius 2 is 1.80 bits per heavy atom. The average molecular weight is 413 g/mol. The second-order valence-electron chi connectivity index (χ2n) is 11.9. The van der Waals surface area contributed by atoms with Crippen LogP contribution < -0.4 is 0 Å². The van der Waals surface area contributed by atoms with Gasteiger partial charge in [0.2, 0.25) is 0 Å². The maximum Gasteiger partial charge on any atom is 0.302 e. The van der Waals surface area contributed by atoms with Crippen LogP contribution in [0.3, 0.4) is 0 Å². The number of allylic oxidation sites excluding steroid dienone is 1. The number of carbonyl (C=O) groups excluding carboxylic acids is 2. The minimum Gasteiger partial charge on any atom is -0.462 e. The van der Waals surface area contributed by atoms with Gasteiger partial charge in [0, 0.05) is 18.8 Å². The molecule has 8 atom stereocenters. The SMILES string of the molecule is CC(=O)O[C@H]1CC[C@@]2(C)C(=CC[C@@H]3[C@H]2CC[C@]2(C)[C@H]3C[C@@H]3CCCC[C@@]32C(C)=O)C1. The molecule has 0 unspecified atom stereocenters. The zero-order chi connectivity index (χ0) is 21.3. The summed E-state index contributed by atoms with van der Waals surface area (Å²) >= 11 is 0. The molecule has 3 heteroatoms. The Labute approximate surface area is 182 Å². The van der Waals surface area contributed by atoms with E-state index in [-0.39, 0.29) is 28.3 Å². The minimum absolute atomic E-state index is 0.0429. The molecular formula is C27H40O3. The van der Waals surface area contributed by atoms with E-state index in [4.69, 9.17) is 4.74 Å². The molecule has 0 saturated heterocycles. The second-order valence-corrected chi connectivity index (χ2v) is 11.9. The van der Waals surface area contributed by atoms with Crippen molar-refractivity contribution < 1.29 is 14.3 Å². The van der Waals surface area contributed by atoms with Crippen molar-refractivity contribution in [3.63, 3.8) is 0 Å². The average Bonchev–Trinajstić information content (AvgIpc) is 2.98. The minimum atomic E-state index is -0.144. The van der Waals surface area contributed by atoms with Crippen molar-refractivity contribution in [2.24, 2.45) is 39.9 Å². The fourth-order valence-electron chi connectivity index (χ4n) is 9.76. The molecule has 0 radical (unpaired) electrons. The lowest BCUT2D eigenvalue weighted by atomic mass is 9.44. The summed E-state index contributed by atoms with van der Waals surface area (Å²) < 4.78 is 5.59. The number of fused-ring (bicyclic) bond motifs is 7. The molecular weight excluding hydrogens is 372 g/mol. The van der Waals surface area contributed by atoms with Crippen molar-refractivity contribution in [1.29, 1.82) is 0 Å². The van der Waals surface area contributed by atoms with Crippen LogP contribution >= 0.6 is 0 Å². The molecule has 0 heterocycles. The quantitative estimate of drug-likeness (QED) is 0.397. The summed E-state index contributed by atoms with van der Waals surface area (Å²) in [5.74, 6) is 3.13. The Morgan fingerprint density at radius 3 is 2.53 bits per heavy atom. The fourth-order valence-corrected chi connectivity index (χ4v) is 9.76. The molecule has 0 aliphatic heterocycles. The predicted octanol–water partition coefficient (Wildman–Crippen LogP) is 6.26. The number of hydrogen-bond donors (Lipinski definition) is 0. The summed E-state index contributed by atoms with van der Waals surface area (Å²) in [7, 11) is 0.